The molecule has 2 heterocycles. The lowest BCUT2D eigenvalue weighted by molar-refractivity contribution is -0.176. The average molecular weight is 551 g/mol. The van der Waals surface area contributed by atoms with E-state index >= 15 is 0 Å². The first-order chi connectivity index (χ1) is 17.3. The van der Waals surface area contributed by atoms with Crippen LogP contribution in [0.25, 0.3) is 10.2 Å². The molecule has 1 saturated heterocycles. The molecule has 0 amide bonds. The van der Waals surface area contributed by atoms with Gasteiger partial charge in [0.1, 0.15) is 5.60 Å². The van der Waals surface area contributed by atoms with E-state index in [1.54, 1.807) is 6.07 Å². The van der Waals surface area contributed by atoms with Crippen molar-refractivity contribution >= 4 is 50.2 Å². The van der Waals surface area contributed by atoms with Crippen LogP contribution in [0.15, 0.2) is 41.3 Å². The Bertz CT molecular complexity index is 1320. The van der Waals surface area contributed by atoms with E-state index in [1.807, 2.05) is 39.8 Å². The third kappa shape index (κ3) is 5.65. The molecule has 2 N–H and O–H groups in total. The third-order valence-corrected chi connectivity index (χ3v) is 9.03. The van der Waals surface area contributed by atoms with Crippen molar-refractivity contribution in [2.24, 2.45) is 5.92 Å². The first-order valence-electron chi connectivity index (χ1n) is 12.1. The quantitative estimate of drug-likeness (QED) is 0.251. The summed E-state index contributed by atoms with van der Waals surface area (Å²) in [6.07, 6.45) is -4.38. The number of fused-ring (bicyclic) bond motifs is 1. The minimum absolute atomic E-state index is 0.0349. The standard InChI is InChI=1S/C27H29F3N2O3S2/c1-14(2)17-11-19-22(37-25(31)32-19)12-21(17)36-23-20(33)13-26(15(3)4,35-24(23)34)10-9-16-7-5-6-8-18(16)27(28,29)30/h5-8,11-12,14-15,23H,9-10,13H2,1-4H3,(H2,31,32). The van der Waals surface area contributed by atoms with Gasteiger partial charge in [0, 0.05) is 11.3 Å². The molecule has 1 aliphatic rings. The molecule has 0 saturated carbocycles. The summed E-state index contributed by atoms with van der Waals surface area (Å²) in [7, 11) is 0. The van der Waals surface area contributed by atoms with Crippen molar-refractivity contribution in [1.82, 2.24) is 4.98 Å². The number of carbonyl (C=O) groups excluding carboxylic acids is 2. The zero-order valence-electron chi connectivity index (χ0n) is 21.0. The number of nitrogen functional groups attached to an aromatic ring is 1. The fraction of sp³-hybridized carbons (Fsp3) is 0.444. The van der Waals surface area contributed by atoms with E-state index in [4.69, 9.17) is 10.5 Å². The maximum absolute atomic E-state index is 13.5. The normalized spacial score (nSPS) is 20.7. The van der Waals surface area contributed by atoms with E-state index in [2.05, 4.69) is 4.98 Å². The van der Waals surface area contributed by atoms with E-state index in [-0.39, 0.29) is 42.4 Å². The van der Waals surface area contributed by atoms with Gasteiger partial charge in [-0.25, -0.2) is 4.98 Å². The highest BCUT2D eigenvalue weighted by molar-refractivity contribution is 8.01. The van der Waals surface area contributed by atoms with Crippen LogP contribution < -0.4 is 5.73 Å². The van der Waals surface area contributed by atoms with Crippen molar-refractivity contribution < 1.29 is 27.5 Å². The molecule has 10 heteroatoms. The summed E-state index contributed by atoms with van der Waals surface area (Å²) < 4.78 is 47.3. The van der Waals surface area contributed by atoms with Crippen molar-refractivity contribution in [3.8, 4) is 0 Å². The number of rotatable bonds is 7. The number of benzene rings is 2. The molecule has 2 atom stereocenters. The second-order valence-electron chi connectivity index (χ2n) is 10.0. The molecule has 1 aliphatic heterocycles. The predicted molar refractivity (Wildman–Crippen MR) is 141 cm³/mol. The summed E-state index contributed by atoms with van der Waals surface area (Å²) in [5, 5.41) is -0.608. The lowest BCUT2D eigenvalue weighted by atomic mass is 9.78. The van der Waals surface area contributed by atoms with Crippen molar-refractivity contribution in [2.45, 2.75) is 74.8 Å². The van der Waals surface area contributed by atoms with Gasteiger partial charge in [-0.3, -0.25) is 9.59 Å². The molecule has 3 aromatic rings. The van der Waals surface area contributed by atoms with Gasteiger partial charge in [-0.05, 0) is 54.0 Å². The number of ketones is 1. The van der Waals surface area contributed by atoms with Gasteiger partial charge >= 0.3 is 12.1 Å². The topological polar surface area (TPSA) is 82.3 Å². The van der Waals surface area contributed by atoms with Gasteiger partial charge in [-0.15, -0.1) is 11.8 Å². The van der Waals surface area contributed by atoms with E-state index < -0.39 is 28.6 Å². The van der Waals surface area contributed by atoms with Crippen LogP contribution in [-0.4, -0.2) is 27.6 Å². The van der Waals surface area contributed by atoms with Crippen LogP contribution >= 0.6 is 23.1 Å². The molecule has 0 spiro atoms. The van der Waals surface area contributed by atoms with Gasteiger partial charge in [0.25, 0.3) is 0 Å². The van der Waals surface area contributed by atoms with Crippen LogP contribution in [0.1, 0.15) is 63.1 Å². The van der Waals surface area contributed by atoms with Gasteiger partial charge < -0.3 is 10.5 Å². The highest BCUT2D eigenvalue weighted by atomic mass is 32.2. The fourth-order valence-corrected chi connectivity index (χ4v) is 6.76. The van der Waals surface area contributed by atoms with Gasteiger partial charge in [0.2, 0.25) is 0 Å². The molecule has 0 radical (unpaired) electrons. The van der Waals surface area contributed by atoms with Crippen molar-refractivity contribution in [3.63, 3.8) is 0 Å². The summed E-state index contributed by atoms with van der Waals surface area (Å²) in [4.78, 5) is 31.8. The second kappa shape index (κ2) is 10.3. The third-order valence-electron chi connectivity index (χ3n) is 6.88. The second-order valence-corrected chi connectivity index (χ2v) is 12.2. The zero-order valence-corrected chi connectivity index (χ0v) is 22.7. The Morgan fingerprint density at radius 3 is 2.51 bits per heavy atom. The summed E-state index contributed by atoms with van der Waals surface area (Å²) >= 11 is 2.49. The first-order valence-corrected chi connectivity index (χ1v) is 13.8. The predicted octanol–water partition coefficient (Wildman–Crippen LogP) is 7.03. The van der Waals surface area contributed by atoms with Crippen LogP contribution in [-0.2, 0) is 26.9 Å². The van der Waals surface area contributed by atoms with Crippen LogP contribution in [0.2, 0.25) is 0 Å². The molecule has 1 aromatic heterocycles. The largest absolute Gasteiger partial charge is 0.457 e. The van der Waals surface area contributed by atoms with Crippen LogP contribution in [0.3, 0.4) is 0 Å². The van der Waals surface area contributed by atoms with Gasteiger partial charge in [0.05, 0.1) is 15.8 Å². The molecule has 1 fully saturated rings. The van der Waals surface area contributed by atoms with Gasteiger partial charge in [-0.2, -0.15) is 13.2 Å². The molecule has 0 bridgehead atoms. The Kier molecular flexibility index (Phi) is 7.63. The van der Waals surface area contributed by atoms with E-state index in [0.717, 1.165) is 38.5 Å². The number of halogens is 3. The molecule has 198 valence electrons. The SMILES string of the molecule is CC(C)c1cc2nc(N)sc2cc1SC1C(=O)CC(CCc2ccccc2C(F)(F)F)(C(C)C)OC1=O. The number of hydrogen-bond acceptors (Lipinski definition) is 7. The molecule has 2 unspecified atom stereocenters. The number of carbonyl (C=O) groups is 2. The molecule has 4 rings (SSSR count). The molecule has 2 aromatic carbocycles. The lowest BCUT2D eigenvalue weighted by Gasteiger charge is -2.41. The van der Waals surface area contributed by atoms with Crippen molar-refractivity contribution in [3.05, 3.63) is 53.1 Å². The zero-order chi connectivity index (χ0) is 27.1. The number of nitrogens with two attached hydrogens (primary N) is 1. The Morgan fingerprint density at radius 1 is 1.19 bits per heavy atom. The number of nitrogens with zero attached hydrogens (tertiary/aromatic N) is 1. The lowest BCUT2D eigenvalue weighted by Crippen LogP contribution is -2.52. The Balaban J connectivity index is 1.58. The number of hydrogen-bond donors (Lipinski definition) is 1. The number of esters is 1. The Morgan fingerprint density at radius 2 is 1.89 bits per heavy atom. The van der Waals surface area contributed by atoms with Crippen LogP contribution in [0, 0.1) is 5.92 Å². The van der Waals surface area contributed by atoms with Gasteiger partial charge in [-0.1, -0.05) is 57.2 Å². The van der Waals surface area contributed by atoms with Gasteiger partial charge in [0.15, 0.2) is 16.2 Å². The number of thioether (sulfide) groups is 1. The molecular weight excluding hydrogens is 521 g/mol. The highest BCUT2D eigenvalue weighted by Gasteiger charge is 2.49. The highest BCUT2D eigenvalue weighted by Crippen LogP contribution is 2.43. The molecule has 37 heavy (non-hydrogen) atoms. The van der Waals surface area contributed by atoms with Crippen molar-refractivity contribution in [2.75, 3.05) is 5.73 Å². The number of thiazole rings is 1. The van der Waals surface area contributed by atoms with Crippen molar-refractivity contribution in [1.29, 1.82) is 0 Å². The summed E-state index contributed by atoms with van der Waals surface area (Å²) in [5.74, 6) is -1.07. The molecule has 0 aliphatic carbocycles. The summed E-state index contributed by atoms with van der Waals surface area (Å²) in [6.45, 7) is 7.68. The van der Waals surface area contributed by atoms with Crippen LogP contribution in [0.4, 0.5) is 18.3 Å². The Hall–Kier alpha value is -2.59. The van der Waals surface area contributed by atoms with E-state index in [1.165, 1.54) is 23.5 Å². The number of anilines is 1. The smallest absolute Gasteiger partial charge is 0.416 e. The molecule has 5 nitrogen and oxygen atoms in total. The maximum Gasteiger partial charge on any atom is 0.416 e. The number of alkyl halides is 3. The van der Waals surface area contributed by atoms with E-state index in [9.17, 15) is 22.8 Å². The summed E-state index contributed by atoms with van der Waals surface area (Å²) in [5.41, 5.74) is 5.83. The fourth-order valence-electron chi connectivity index (χ4n) is 4.70. The minimum atomic E-state index is -4.49. The number of aromatic nitrogens is 1. The number of cyclic esters (lactones) is 1. The number of Topliss-reactive ketones (excluding diaryl/α,β-unsaturated/α-hetero) is 1. The van der Waals surface area contributed by atoms with Crippen LogP contribution in [0.5, 0.6) is 0 Å². The molecular formula is C27H29F3N2O3S2. The first kappa shape index (κ1) is 27.4. The number of ether oxygens (including phenoxy) is 1. The monoisotopic (exact) mass is 550 g/mol. The van der Waals surface area contributed by atoms with E-state index in [0.29, 0.717) is 5.13 Å². The number of aryl methyl sites for hydroxylation is 1. The Labute approximate surface area is 222 Å². The summed E-state index contributed by atoms with van der Waals surface area (Å²) in [6, 6.07) is 9.21. The maximum atomic E-state index is 13.5. The minimum Gasteiger partial charge on any atom is -0.457 e. The average Bonchev–Trinajstić information content (AvgIpc) is 3.17.